The van der Waals surface area contributed by atoms with E-state index in [0.717, 1.165) is 25.9 Å². The van der Waals surface area contributed by atoms with Gasteiger partial charge < -0.3 is 15.8 Å². The van der Waals surface area contributed by atoms with Gasteiger partial charge in [0.1, 0.15) is 0 Å². The largest absolute Gasteiger partial charge is 0.385 e. The maximum atomic E-state index is 11.7. The molecule has 1 aliphatic rings. The highest BCUT2D eigenvalue weighted by Gasteiger charge is 2.28. The Kier molecular flexibility index (Phi) is 6.47. The van der Waals surface area contributed by atoms with E-state index in [-0.39, 0.29) is 5.91 Å². The van der Waals surface area contributed by atoms with Crippen LogP contribution in [0.5, 0.6) is 0 Å². The number of amides is 1. The summed E-state index contributed by atoms with van der Waals surface area (Å²) in [6, 6.07) is 0.466. The Hall–Kier alpha value is -0.650. The number of methoxy groups -OCH3 is 1. The van der Waals surface area contributed by atoms with Crippen molar-refractivity contribution in [2.45, 2.75) is 25.8 Å². The number of likely N-dealkylation sites (tertiary alicyclic amines) is 1. The molecule has 0 spiro atoms. The SMILES string of the molecule is COCCCNC(=O)CN1CC(CN)CC1C. The van der Waals surface area contributed by atoms with Gasteiger partial charge in [-0.15, -0.1) is 0 Å². The van der Waals surface area contributed by atoms with Gasteiger partial charge in [0.25, 0.3) is 0 Å². The van der Waals surface area contributed by atoms with Crippen LogP contribution in [-0.4, -0.2) is 56.7 Å². The van der Waals surface area contributed by atoms with Crippen molar-refractivity contribution in [1.29, 1.82) is 0 Å². The van der Waals surface area contributed by atoms with E-state index < -0.39 is 0 Å². The highest BCUT2D eigenvalue weighted by atomic mass is 16.5. The molecule has 1 aliphatic heterocycles. The van der Waals surface area contributed by atoms with Crippen molar-refractivity contribution in [2.75, 3.05) is 39.9 Å². The quantitative estimate of drug-likeness (QED) is 0.608. The molecular formula is C12H25N3O2. The van der Waals surface area contributed by atoms with Crippen molar-refractivity contribution >= 4 is 5.91 Å². The Morgan fingerprint density at radius 3 is 2.94 bits per heavy atom. The van der Waals surface area contributed by atoms with Crippen LogP contribution in [0.2, 0.25) is 0 Å². The fourth-order valence-corrected chi connectivity index (χ4v) is 2.29. The van der Waals surface area contributed by atoms with E-state index >= 15 is 0 Å². The van der Waals surface area contributed by atoms with Gasteiger partial charge in [-0.05, 0) is 32.2 Å². The molecular weight excluding hydrogens is 218 g/mol. The number of hydrogen-bond acceptors (Lipinski definition) is 4. The lowest BCUT2D eigenvalue weighted by atomic mass is 10.1. The van der Waals surface area contributed by atoms with E-state index in [2.05, 4.69) is 17.1 Å². The topological polar surface area (TPSA) is 67.6 Å². The van der Waals surface area contributed by atoms with E-state index in [4.69, 9.17) is 10.5 Å². The molecule has 0 aromatic heterocycles. The van der Waals surface area contributed by atoms with Gasteiger partial charge in [0, 0.05) is 32.8 Å². The van der Waals surface area contributed by atoms with Crippen molar-refractivity contribution in [3.05, 3.63) is 0 Å². The van der Waals surface area contributed by atoms with Gasteiger partial charge in [0.2, 0.25) is 5.91 Å². The van der Waals surface area contributed by atoms with E-state index in [1.165, 1.54) is 0 Å². The summed E-state index contributed by atoms with van der Waals surface area (Å²) in [4.78, 5) is 13.9. The summed E-state index contributed by atoms with van der Waals surface area (Å²) in [6.45, 7) is 5.70. The van der Waals surface area contributed by atoms with Gasteiger partial charge in [-0.25, -0.2) is 0 Å². The predicted molar refractivity (Wildman–Crippen MR) is 67.7 cm³/mol. The van der Waals surface area contributed by atoms with Gasteiger partial charge in [0.05, 0.1) is 6.54 Å². The molecule has 2 unspecified atom stereocenters. The van der Waals surface area contributed by atoms with Crippen LogP contribution in [0.1, 0.15) is 19.8 Å². The average molecular weight is 243 g/mol. The molecule has 0 aromatic carbocycles. The summed E-state index contributed by atoms with van der Waals surface area (Å²) in [5.74, 6) is 0.650. The zero-order chi connectivity index (χ0) is 12.7. The van der Waals surface area contributed by atoms with E-state index in [0.29, 0.717) is 31.7 Å². The molecule has 1 saturated heterocycles. The third-order valence-electron chi connectivity index (χ3n) is 3.32. The molecule has 5 nitrogen and oxygen atoms in total. The number of nitrogens with one attached hydrogen (secondary N) is 1. The maximum absolute atomic E-state index is 11.7. The monoisotopic (exact) mass is 243 g/mol. The second kappa shape index (κ2) is 7.63. The number of hydrogen-bond donors (Lipinski definition) is 2. The van der Waals surface area contributed by atoms with Crippen LogP contribution in [0.15, 0.2) is 0 Å². The Morgan fingerprint density at radius 2 is 2.35 bits per heavy atom. The lowest BCUT2D eigenvalue weighted by molar-refractivity contribution is -0.122. The van der Waals surface area contributed by atoms with Crippen LogP contribution in [0, 0.1) is 5.92 Å². The molecule has 0 bridgehead atoms. The minimum atomic E-state index is 0.102. The Morgan fingerprint density at radius 1 is 1.59 bits per heavy atom. The average Bonchev–Trinajstić information content (AvgIpc) is 2.66. The molecule has 1 heterocycles. The fourth-order valence-electron chi connectivity index (χ4n) is 2.29. The molecule has 2 atom stereocenters. The number of carbonyl (C=O) groups is 1. The van der Waals surface area contributed by atoms with Gasteiger partial charge in [-0.1, -0.05) is 0 Å². The molecule has 0 saturated carbocycles. The van der Waals surface area contributed by atoms with Gasteiger partial charge in [-0.2, -0.15) is 0 Å². The first-order valence-corrected chi connectivity index (χ1v) is 6.37. The zero-order valence-corrected chi connectivity index (χ0v) is 10.9. The summed E-state index contributed by atoms with van der Waals surface area (Å²) < 4.78 is 4.93. The molecule has 1 amide bonds. The highest BCUT2D eigenvalue weighted by molar-refractivity contribution is 5.78. The minimum Gasteiger partial charge on any atom is -0.385 e. The van der Waals surface area contributed by atoms with Crippen LogP contribution in [0.4, 0.5) is 0 Å². The van der Waals surface area contributed by atoms with E-state index in [1.807, 2.05) is 0 Å². The molecule has 100 valence electrons. The van der Waals surface area contributed by atoms with Crippen LogP contribution in [-0.2, 0) is 9.53 Å². The first-order valence-electron chi connectivity index (χ1n) is 6.37. The van der Waals surface area contributed by atoms with Crippen LogP contribution >= 0.6 is 0 Å². The molecule has 5 heteroatoms. The van der Waals surface area contributed by atoms with Crippen molar-refractivity contribution in [3.8, 4) is 0 Å². The molecule has 1 fully saturated rings. The standard InChI is InChI=1S/C12H25N3O2/c1-10-6-11(7-13)8-15(10)9-12(16)14-4-3-5-17-2/h10-11H,3-9,13H2,1-2H3,(H,14,16). The third kappa shape index (κ3) is 5.02. The Balaban J connectivity index is 2.17. The van der Waals surface area contributed by atoms with Crippen LogP contribution in [0.25, 0.3) is 0 Å². The minimum absolute atomic E-state index is 0.102. The number of nitrogens with zero attached hydrogens (tertiary/aromatic N) is 1. The number of ether oxygens (including phenoxy) is 1. The lowest BCUT2D eigenvalue weighted by Gasteiger charge is -2.20. The van der Waals surface area contributed by atoms with Crippen molar-refractivity contribution < 1.29 is 9.53 Å². The van der Waals surface area contributed by atoms with Crippen molar-refractivity contribution in [2.24, 2.45) is 11.7 Å². The zero-order valence-electron chi connectivity index (χ0n) is 10.9. The lowest BCUT2D eigenvalue weighted by Crippen LogP contribution is -2.39. The third-order valence-corrected chi connectivity index (χ3v) is 3.32. The van der Waals surface area contributed by atoms with Gasteiger partial charge >= 0.3 is 0 Å². The second-order valence-electron chi connectivity index (χ2n) is 4.81. The van der Waals surface area contributed by atoms with Gasteiger partial charge in [0.15, 0.2) is 0 Å². The van der Waals surface area contributed by atoms with Crippen molar-refractivity contribution in [3.63, 3.8) is 0 Å². The predicted octanol–water partition coefficient (Wildman–Crippen LogP) is -0.192. The molecule has 3 N–H and O–H groups in total. The molecule has 17 heavy (non-hydrogen) atoms. The van der Waals surface area contributed by atoms with E-state index in [1.54, 1.807) is 7.11 Å². The maximum Gasteiger partial charge on any atom is 0.234 e. The number of carbonyl (C=O) groups excluding carboxylic acids is 1. The summed E-state index contributed by atoms with van der Waals surface area (Å²) in [5, 5.41) is 2.91. The smallest absolute Gasteiger partial charge is 0.234 e. The second-order valence-corrected chi connectivity index (χ2v) is 4.81. The number of nitrogens with two attached hydrogens (primary N) is 1. The molecule has 1 rings (SSSR count). The first-order chi connectivity index (χ1) is 8.17. The fraction of sp³-hybridized carbons (Fsp3) is 0.917. The summed E-state index contributed by atoms with van der Waals surface area (Å²) in [7, 11) is 1.67. The normalized spacial score (nSPS) is 25.1. The molecule has 0 aromatic rings. The van der Waals surface area contributed by atoms with Crippen LogP contribution in [0.3, 0.4) is 0 Å². The molecule has 0 radical (unpaired) electrons. The highest BCUT2D eigenvalue weighted by Crippen LogP contribution is 2.21. The van der Waals surface area contributed by atoms with Crippen LogP contribution < -0.4 is 11.1 Å². The number of rotatable bonds is 7. The summed E-state index contributed by atoms with van der Waals surface area (Å²) >= 11 is 0. The summed E-state index contributed by atoms with van der Waals surface area (Å²) in [6.07, 6.45) is 1.97. The Labute approximate surface area is 104 Å². The first kappa shape index (κ1) is 14.4. The van der Waals surface area contributed by atoms with Gasteiger partial charge in [-0.3, -0.25) is 9.69 Å². The molecule has 0 aliphatic carbocycles. The van der Waals surface area contributed by atoms with Crippen molar-refractivity contribution in [1.82, 2.24) is 10.2 Å². The summed E-state index contributed by atoms with van der Waals surface area (Å²) in [5.41, 5.74) is 5.66. The Bertz CT molecular complexity index is 236. The van der Waals surface area contributed by atoms with E-state index in [9.17, 15) is 4.79 Å².